The molecule has 4 rings (SSSR count). The molecule has 0 saturated heterocycles. The van der Waals surface area contributed by atoms with Crippen LogP contribution in [0.15, 0.2) is 53.4 Å². The van der Waals surface area contributed by atoms with E-state index in [1.165, 1.54) is 12.1 Å². The third-order valence-corrected chi connectivity index (χ3v) is 7.24. The molecule has 1 aliphatic rings. The molecule has 154 valence electrons. The first kappa shape index (κ1) is 20.1. The molecule has 1 N–H and O–H groups in total. The lowest BCUT2D eigenvalue weighted by Crippen LogP contribution is -2.51. The van der Waals surface area contributed by atoms with Crippen molar-refractivity contribution in [3.05, 3.63) is 65.4 Å². The van der Waals surface area contributed by atoms with Crippen molar-refractivity contribution in [2.75, 3.05) is 6.61 Å². The average molecular weight is 423 g/mol. The fourth-order valence-electron chi connectivity index (χ4n) is 3.95. The Morgan fingerprint density at radius 1 is 1.23 bits per heavy atom. The summed E-state index contributed by atoms with van der Waals surface area (Å²) in [6, 6.07) is 13.6. The zero-order valence-electron chi connectivity index (χ0n) is 16.6. The van der Waals surface area contributed by atoms with E-state index in [0.717, 1.165) is 26.3 Å². The van der Waals surface area contributed by atoms with Gasteiger partial charge in [-0.2, -0.15) is 9.57 Å². The first-order valence-corrected chi connectivity index (χ1v) is 11.1. The first-order chi connectivity index (χ1) is 14.4. The number of hydrogen-bond acceptors (Lipinski definition) is 5. The number of aromatic amines is 1. The van der Waals surface area contributed by atoms with Crippen LogP contribution in [0.2, 0.25) is 0 Å². The minimum Gasteiger partial charge on any atom is -0.465 e. The lowest BCUT2D eigenvalue weighted by Gasteiger charge is -2.36. The Morgan fingerprint density at radius 2 is 1.93 bits per heavy atom. The number of nitrogens with one attached hydrogen (secondary N) is 1. The van der Waals surface area contributed by atoms with Gasteiger partial charge in [-0.15, -0.1) is 0 Å². The van der Waals surface area contributed by atoms with Crippen LogP contribution in [0.4, 0.5) is 0 Å². The third kappa shape index (κ3) is 3.16. The van der Waals surface area contributed by atoms with Crippen molar-refractivity contribution < 1.29 is 17.9 Å². The van der Waals surface area contributed by atoms with Gasteiger partial charge in [0, 0.05) is 17.3 Å². The number of aromatic nitrogens is 1. The van der Waals surface area contributed by atoms with Crippen LogP contribution in [0.1, 0.15) is 29.8 Å². The van der Waals surface area contributed by atoms with Gasteiger partial charge in [-0.3, -0.25) is 4.79 Å². The SMILES string of the molecule is CCOC(=O)[C@@H]1Cc2c([nH]c3ccccc23)[C@@H](C#N)N1S(=O)(=O)c1ccc(C)cc1. The topological polar surface area (TPSA) is 103 Å². The molecule has 0 amide bonds. The second kappa shape index (κ2) is 7.59. The van der Waals surface area contributed by atoms with Crippen molar-refractivity contribution in [3.8, 4) is 6.07 Å². The number of nitrogens with zero attached hydrogens (tertiary/aromatic N) is 2. The standard InChI is InChI=1S/C22H21N3O4S/c1-3-29-22(26)19-12-17-16-6-4-5-7-18(16)24-21(17)20(13-23)25(19)30(27,28)15-10-8-14(2)9-11-15/h4-11,19-20,24H,3,12H2,1-2H3/t19-,20+/m0/s1. The van der Waals surface area contributed by atoms with Gasteiger partial charge >= 0.3 is 5.97 Å². The number of rotatable bonds is 4. The number of sulfonamides is 1. The van der Waals surface area contributed by atoms with Crippen molar-refractivity contribution >= 4 is 26.9 Å². The molecule has 1 aliphatic heterocycles. The maximum atomic E-state index is 13.6. The van der Waals surface area contributed by atoms with E-state index in [9.17, 15) is 18.5 Å². The summed E-state index contributed by atoms with van der Waals surface area (Å²) in [7, 11) is -4.14. The number of fused-ring (bicyclic) bond motifs is 3. The quantitative estimate of drug-likeness (QED) is 0.649. The van der Waals surface area contributed by atoms with E-state index >= 15 is 0 Å². The second-order valence-corrected chi connectivity index (χ2v) is 9.06. The number of para-hydroxylation sites is 1. The molecule has 0 radical (unpaired) electrons. The number of esters is 1. The predicted octanol–water partition coefficient (Wildman–Crippen LogP) is 3.22. The monoisotopic (exact) mass is 423 g/mol. The fourth-order valence-corrected chi connectivity index (χ4v) is 5.60. The number of carbonyl (C=O) groups excluding carboxylic acids is 1. The minimum absolute atomic E-state index is 0.0298. The van der Waals surface area contributed by atoms with Crippen molar-refractivity contribution in [3.63, 3.8) is 0 Å². The highest BCUT2D eigenvalue weighted by molar-refractivity contribution is 7.89. The molecule has 30 heavy (non-hydrogen) atoms. The summed E-state index contributed by atoms with van der Waals surface area (Å²) in [4.78, 5) is 16.0. The number of H-pyrrole nitrogens is 1. The molecule has 2 aromatic carbocycles. The highest BCUT2D eigenvalue weighted by atomic mass is 32.2. The largest absolute Gasteiger partial charge is 0.465 e. The van der Waals surface area contributed by atoms with Gasteiger partial charge in [0.05, 0.1) is 23.3 Å². The van der Waals surface area contributed by atoms with Crippen LogP contribution < -0.4 is 0 Å². The van der Waals surface area contributed by atoms with Crippen LogP contribution in [-0.2, 0) is 26.0 Å². The Hall–Kier alpha value is -3.15. The number of carbonyl (C=O) groups is 1. The van der Waals surface area contributed by atoms with E-state index in [2.05, 4.69) is 11.1 Å². The molecule has 0 spiro atoms. The van der Waals surface area contributed by atoms with Gasteiger partial charge in [0.2, 0.25) is 10.0 Å². The second-order valence-electron chi connectivity index (χ2n) is 7.21. The van der Waals surface area contributed by atoms with Crippen LogP contribution >= 0.6 is 0 Å². The van der Waals surface area contributed by atoms with E-state index in [1.807, 2.05) is 31.2 Å². The van der Waals surface area contributed by atoms with Gasteiger partial charge in [-0.1, -0.05) is 35.9 Å². The third-order valence-electron chi connectivity index (χ3n) is 5.36. The van der Waals surface area contributed by atoms with Crippen molar-refractivity contribution in [2.45, 2.75) is 37.2 Å². The Balaban J connectivity index is 1.92. The number of nitriles is 1. The fraction of sp³-hybridized carbons (Fsp3) is 0.273. The number of hydrogen-bond donors (Lipinski definition) is 1. The zero-order chi connectivity index (χ0) is 21.5. The van der Waals surface area contributed by atoms with Crippen molar-refractivity contribution in [1.82, 2.24) is 9.29 Å². The molecule has 0 bridgehead atoms. The summed E-state index contributed by atoms with van der Waals surface area (Å²) in [5.41, 5.74) is 2.96. The van der Waals surface area contributed by atoms with E-state index in [-0.39, 0.29) is 17.9 Å². The Labute approximate surface area is 174 Å². The van der Waals surface area contributed by atoms with E-state index < -0.39 is 28.1 Å². The summed E-state index contributed by atoms with van der Waals surface area (Å²) in [5.74, 6) is -0.663. The van der Waals surface area contributed by atoms with Crippen LogP contribution in [-0.4, -0.2) is 36.3 Å². The van der Waals surface area contributed by atoms with Gasteiger partial charge in [0.15, 0.2) is 6.04 Å². The highest BCUT2D eigenvalue weighted by Gasteiger charge is 2.47. The normalized spacial score (nSPS) is 19.2. The Kier molecular flexibility index (Phi) is 5.10. The minimum atomic E-state index is -4.14. The highest BCUT2D eigenvalue weighted by Crippen LogP contribution is 2.40. The summed E-state index contributed by atoms with van der Waals surface area (Å²) < 4.78 is 33.3. The van der Waals surface area contributed by atoms with Gasteiger partial charge < -0.3 is 9.72 Å². The maximum Gasteiger partial charge on any atom is 0.324 e. The van der Waals surface area contributed by atoms with Gasteiger partial charge in [-0.05, 0) is 37.6 Å². The molecule has 2 heterocycles. The number of ether oxygens (including phenoxy) is 1. The number of benzene rings is 2. The van der Waals surface area contributed by atoms with E-state index in [4.69, 9.17) is 4.74 Å². The molecule has 0 aliphatic carbocycles. The molecule has 3 aromatic rings. The summed E-state index contributed by atoms with van der Waals surface area (Å²) in [6.45, 7) is 3.64. The number of aryl methyl sites for hydroxylation is 1. The van der Waals surface area contributed by atoms with Gasteiger partial charge in [0.25, 0.3) is 0 Å². The molecular formula is C22H21N3O4S. The Bertz CT molecular complexity index is 1260. The smallest absolute Gasteiger partial charge is 0.324 e. The first-order valence-electron chi connectivity index (χ1n) is 9.64. The molecule has 2 atom stereocenters. The van der Waals surface area contributed by atoms with Crippen LogP contribution in [0, 0.1) is 18.3 Å². The maximum absolute atomic E-state index is 13.6. The molecule has 0 saturated carbocycles. The van der Waals surface area contributed by atoms with Crippen LogP contribution in [0.3, 0.4) is 0 Å². The molecular weight excluding hydrogens is 402 g/mol. The molecule has 7 nitrogen and oxygen atoms in total. The zero-order valence-corrected chi connectivity index (χ0v) is 17.4. The van der Waals surface area contributed by atoms with Crippen LogP contribution in [0.5, 0.6) is 0 Å². The molecule has 0 unspecified atom stereocenters. The lowest BCUT2D eigenvalue weighted by molar-refractivity contribution is -0.148. The summed E-state index contributed by atoms with van der Waals surface area (Å²) >= 11 is 0. The van der Waals surface area contributed by atoms with Crippen LogP contribution in [0.25, 0.3) is 10.9 Å². The predicted molar refractivity (Wildman–Crippen MR) is 111 cm³/mol. The Morgan fingerprint density at radius 3 is 2.60 bits per heavy atom. The van der Waals surface area contributed by atoms with Gasteiger partial charge in [0.1, 0.15) is 6.04 Å². The molecule has 0 fully saturated rings. The lowest BCUT2D eigenvalue weighted by atomic mass is 9.94. The van der Waals surface area contributed by atoms with Crippen molar-refractivity contribution in [1.29, 1.82) is 5.26 Å². The van der Waals surface area contributed by atoms with E-state index in [1.54, 1.807) is 19.1 Å². The molecule has 8 heteroatoms. The van der Waals surface area contributed by atoms with Gasteiger partial charge in [-0.25, -0.2) is 8.42 Å². The van der Waals surface area contributed by atoms with Crippen molar-refractivity contribution in [2.24, 2.45) is 0 Å². The average Bonchev–Trinajstić information content (AvgIpc) is 3.11. The summed E-state index contributed by atoms with van der Waals surface area (Å²) in [5, 5.41) is 10.9. The van der Waals surface area contributed by atoms with E-state index in [0.29, 0.717) is 5.69 Å². The summed E-state index contributed by atoms with van der Waals surface area (Å²) in [6.07, 6.45) is 0.126. The molecule has 1 aromatic heterocycles.